The van der Waals surface area contributed by atoms with Crippen molar-refractivity contribution in [1.82, 2.24) is 14.9 Å². The van der Waals surface area contributed by atoms with Gasteiger partial charge in [-0.15, -0.1) is 0 Å². The van der Waals surface area contributed by atoms with Gasteiger partial charge in [0.1, 0.15) is 11.6 Å². The summed E-state index contributed by atoms with van der Waals surface area (Å²) in [6, 6.07) is 11.9. The van der Waals surface area contributed by atoms with Gasteiger partial charge in [-0.2, -0.15) is 0 Å². The van der Waals surface area contributed by atoms with Crippen molar-refractivity contribution in [1.29, 1.82) is 0 Å². The standard InChI is InChI=1S/C22H28N4O/c27-22(18-7-2-1-3-8-18)26-15-12-17(13-16-26)19-9-6-11-21(24-19)25-20-10-4-5-14-23-20/h4-6,9-11,14,17-18H,1-3,7-8,12-13,15-16H2,(H,23,24,25). The van der Waals surface area contributed by atoms with Crippen LogP contribution in [0.2, 0.25) is 0 Å². The quantitative estimate of drug-likeness (QED) is 0.867. The number of aromatic nitrogens is 2. The van der Waals surface area contributed by atoms with E-state index >= 15 is 0 Å². The minimum atomic E-state index is 0.277. The Hall–Kier alpha value is -2.43. The lowest BCUT2D eigenvalue weighted by molar-refractivity contribution is -0.137. The number of amides is 1. The van der Waals surface area contributed by atoms with Gasteiger partial charge in [0.25, 0.3) is 0 Å². The monoisotopic (exact) mass is 364 g/mol. The molecular formula is C22H28N4O. The Bertz CT molecular complexity index is 750. The van der Waals surface area contributed by atoms with E-state index in [4.69, 9.17) is 4.98 Å². The molecule has 0 atom stereocenters. The predicted octanol–water partition coefficient (Wildman–Crippen LogP) is 4.51. The van der Waals surface area contributed by atoms with Gasteiger partial charge in [0.15, 0.2) is 0 Å². The first-order valence-corrected chi connectivity index (χ1v) is 10.2. The molecule has 0 aromatic carbocycles. The fourth-order valence-corrected chi connectivity index (χ4v) is 4.32. The van der Waals surface area contributed by atoms with Gasteiger partial charge in [0.2, 0.25) is 5.91 Å². The molecule has 4 rings (SSSR count). The fourth-order valence-electron chi connectivity index (χ4n) is 4.32. The van der Waals surface area contributed by atoms with Crippen LogP contribution < -0.4 is 5.32 Å². The smallest absolute Gasteiger partial charge is 0.225 e. The second-order valence-electron chi connectivity index (χ2n) is 7.72. The van der Waals surface area contributed by atoms with Crippen molar-refractivity contribution in [3.05, 3.63) is 48.3 Å². The molecule has 0 spiro atoms. The number of anilines is 2. The summed E-state index contributed by atoms with van der Waals surface area (Å²) in [5.41, 5.74) is 1.11. The first-order chi connectivity index (χ1) is 13.3. The molecule has 2 aromatic heterocycles. The number of carbonyl (C=O) groups is 1. The molecule has 0 bridgehead atoms. The maximum absolute atomic E-state index is 12.7. The van der Waals surface area contributed by atoms with Crippen LogP contribution in [0, 0.1) is 5.92 Å². The van der Waals surface area contributed by atoms with E-state index in [0.29, 0.717) is 11.8 Å². The molecule has 1 aliphatic heterocycles. The second kappa shape index (κ2) is 8.51. The number of nitrogens with zero attached hydrogens (tertiary/aromatic N) is 3. The summed E-state index contributed by atoms with van der Waals surface area (Å²) in [5.74, 6) is 2.72. The van der Waals surface area contributed by atoms with Crippen LogP contribution in [0.3, 0.4) is 0 Å². The molecule has 2 aliphatic rings. The highest BCUT2D eigenvalue weighted by Gasteiger charge is 2.29. The number of hydrogen-bond acceptors (Lipinski definition) is 4. The van der Waals surface area contributed by atoms with Crippen LogP contribution in [0.15, 0.2) is 42.6 Å². The summed E-state index contributed by atoms with van der Waals surface area (Å²) in [6.45, 7) is 1.72. The average molecular weight is 364 g/mol. The molecule has 1 saturated heterocycles. The zero-order valence-electron chi connectivity index (χ0n) is 15.8. The number of rotatable bonds is 4. The Labute approximate surface area is 161 Å². The van der Waals surface area contributed by atoms with E-state index in [1.807, 2.05) is 30.3 Å². The topological polar surface area (TPSA) is 58.1 Å². The summed E-state index contributed by atoms with van der Waals surface area (Å²) in [6.07, 6.45) is 9.66. The Balaban J connectivity index is 1.35. The van der Waals surface area contributed by atoms with Crippen molar-refractivity contribution >= 4 is 17.5 Å². The summed E-state index contributed by atoms with van der Waals surface area (Å²) in [4.78, 5) is 23.9. The van der Waals surface area contributed by atoms with E-state index in [1.165, 1.54) is 19.3 Å². The summed E-state index contributed by atoms with van der Waals surface area (Å²) in [5, 5.41) is 3.27. The van der Waals surface area contributed by atoms with Crippen molar-refractivity contribution < 1.29 is 4.79 Å². The molecule has 1 amide bonds. The zero-order valence-corrected chi connectivity index (χ0v) is 15.8. The van der Waals surface area contributed by atoms with Crippen LogP contribution in [-0.4, -0.2) is 33.9 Å². The van der Waals surface area contributed by atoms with Gasteiger partial charge in [-0.1, -0.05) is 31.4 Å². The van der Waals surface area contributed by atoms with Gasteiger partial charge < -0.3 is 10.2 Å². The molecule has 5 heteroatoms. The van der Waals surface area contributed by atoms with Crippen LogP contribution >= 0.6 is 0 Å². The summed E-state index contributed by atoms with van der Waals surface area (Å²) >= 11 is 0. The Morgan fingerprint density at radius 1 is 0.926 bits per heavy atom. The molecule has 142 valence electrons. The maximum Gasteiger partial charge on any atom is 0.225 e. The highest BCUT2D eigenvalue weighted by Crippen LogP contribution is 2.31. The lowest BCUT2D eigenvalue weighted by Gasteiger charge is -2.35. The average Bonchev–Trinajstić information content (AvgIpc) is 2.75. The Morgan fingerprint density at radius 2 is 1.70 bits per heavy atom. The number of pyridine rings is 2. The number of carbonyl (C=O) groups excluding carboxylic acids is 1. The SMILES string of the molecule is O=C(C1CCCCC1)N1CCC(c2cccc(Nc3ccccn3)n2)CC1. The number of piperidine rings is 1. The van der Waals surface area contributed by atoms with Crippen LogP contribution in [-0.2, 0) is 4.79 Å². The number of nitrogens with one attached hydrogen (secondary N) is 1. The minimum Gasteiger partial charge on any atom is -0.342 e. The molecule has 3 heterocycles. The third-order valence-corrected chi connectivity index (χ3v) is 5.87. The lowest BCUT2D eigenvalue weighted by Crippen LogP contribution is -2.42. The van der Waals surface area contributed by atoms with Crippen molar-refractivity contribution in [3.63, 3.8) is 0 Å². The molecule has 0 radical (unpaired) electrons. The highest BCUT2D eigenvalue weighted by molar-refractivity contribution is 5.79. The van der Waals surface area contributed by atoms with Crippen molar-refractivity contribution in [2.45, 2.75) is 50.9 Å². The normalized spacial score (nSPS) is 19.0. The first-order valence-electron chi connectivity index (χ1n) is 10.2. The van der Waals surface area contributed by atoms with Crippen molar-refractivity contribution in [3.8, 4) is 0 Å². The van der Waals surface area contributed by atoms with E-state index in [9.17, 15) is 4.79 Å². The van der Waals surface area contributed by atoms with Crippen LogP contribution in [0.25, 0.3) is 0 Å². The molecule has 1 aliphatic carbocycles. The fraction of sp³-hybridized carbons (Fsp3) is 0.500. The molecule has 0 unspecified atom stereocenters. The second-order valence-corrected chi connectivity index (χ2v) is 7.72. The molecule has 1 saturated carbocycles. The molecular weight excluding hydrogens is 336 g/mol. The van der Waals surface area contributed by atoms with Crippen LogP contribution in [0.4, 0.5) is 11.6 Å². The summed E-state index contributed by atoms with van der Waals surface area (Å²) < 4.78 is 0. The maximum atomic E-state index is 12.7. The van der Waals surface area contributed by atoms with E-state index in [2.05, 4.69) is 21.3 Å². The molecule has 1 N–H and O–H groups in total. The minimum absolute atomic E-state index is 0.277. The molecule has 2 aromatic rings. The molecule has 27 heavy (non-hydrogen) atoms. The van der Waals surface area contributed by atoms with Gasteiger partial charge in [-0.05, 0) is 49.9 Å². The Morgan fingerprint density at radius 3 is 2.44 bits per heavy atom. The van der Waals surface area contributed by atoms with Gasteiger partial charge in [-0.3, -0.25) is 4.79 Å². The van der Waals surface area contributed by atoms with Crippen molar-refractivity contribution in [2.24, 2.45) is 5.92 Å². The number of hydrogen-bond donors (Lipinski definition) is 1. The predicted molar refractivity (Wildman–Crippen MR) is 107 cm³/mol. The zero-order chi connectivity index (χ0) is 18.5. The van der Waals surface area contributed by atoms with E-state index < -0.39 is 0 Å². The van der Waals surface area contributed by atoms with Gasteiger partial charge in [0.05, 0.1) is 0 Å². The largest absolute Gasteiger partial charge is 0.342 e. The van der Waals surface area contributed by atoms with E-state index in [-0.39, 0.29) is 5.92 Å². The summed E-state index contributed by atoms with van der Waals surface area (Å²) in [7, 11) is 0. The van der Waals surface area contributed by atoms with Gasteiger partial charge in [0, 0.05) is 36.8 Å². The number of likely N-dealkylation sites (tertiary alicyclic amines) is 1. The molecule has 2 fully saturated rings. The molecule has 5 nitrogen and oxygen atoms in total. The van der Waals surface area contributed by atoms with E-state index in [1.54, 1.807) is 6.20 Å². The first kappa shape index (κ1) is 18.0. The third kappa shape index (κ3) is 4.46. The van der Waals surface area contributed by atoms with Crippen molar-refractivity contribution in [2.75, 3.05) is 18.4 Å². The van der Waals surface area contributed by atoms with Crippen LogP contribution in [0.5, 0.6) is 0 Å². The Kier molecular flexibility index (Phi) is 5.66. The third-order valence-electron chi connectivity index (χ3n) is 5.87. The van der Waals surface area contributed by atoms with Crippen LogP contribution in [0.1, 0.15) is 56.6 Å². The van der Waals surface area contributed by atoms with Gasteiger partial charge in [-0.25, -0.2) is 9.97 Å². The lowest BCUT2D eigenvalue weighted by atomic mass is 9.86. The van der Waals surface area contributed by atoms with Gasteiger partial charge >= 0.3 is 0 Å². The highest BCUT2D eigenvalue weighted by atomic mass is 16.2. The van der Waals surface area contributed by atoms with E-state index in [0.717, 1.165) is 56.1 Å².